The highest BCUT2D eigenvalue weighted by atomic mass is 16.5. The lowest BCUT2D eigenvalue weighted by molar-refractivity contribution is -0.130. The van der Waals surface area contributed by atoms with Gasteiger partial charge in [0, 0.05) is 11.6 Å². The fourth-order valence-corrected chi connectivity index (χ4v) is 3.13. The molecule has 1 amide bonds. The molecule has 1 heterocycles. The van der Waals surface area contributed by atoms with Crippen molar-refractivity contribution in [3.8, 4) is 5.75 Å². The van der Waals surface area contributed by atoms with Crippen molar-refractivity contribution in [2.45, 2.75) is 45.4 Å². The van der Waals surface area contributed by atoms with Crippen molar-refractivity contribution < 1.29 is 23.6 Å². The number of rotatable bonds is 8. The molecule has 31 heavy (non-hydrogen) atoms. The topological polar surface area (TPSA) is 90.7 Å². The monoisotopic (exact) mass is 420 g/mol. The lowest BCUT2D eigenvalue weighted by Crippen LogP contribution is -2.33. The van der Waals surface area contributed by atoms with E-state index in [1.54, 1.807) is 36.4 Å². The molecule has 160 valence electrons. The summed E-state index contributed by atoms with van der Waals surface area (Å²) in [5, 5.41) is 6.81. The third-order valence-corrected chi connectivity index (χ3v) is 5.14. The molecule has 1 aliphatic carbocycles. The second-order valence-corrected chi connectivity index (χ2v) is 7.59. The van der Waals surface area contributed by atoms with Crippen LogP contribution in [0.2, 0.25) is 0 Å². The van der Waals surface area contributed by atoms with Crippen LogP contribution in [0.1, 0.15) is 51.9 Å². The Kier molecular flexibility index (Phi) is 6.02. The number of benzene rings is 2. The summed E-state index contributed by atoms with van der Waals surface area (Å²) >= 11 is 0. The number of amides is 1. The van der Waals surface area contributed by atoms with E-state index in [0.717, 1.165) is 24.1 Å². The first-order chi connectivity index (χ1) is 15.0. The van der Waals surface area contributed by atoms with Gasteiger partial charge in [-0.2, -0.15) is 0 Å². The molecule has 3 aromatic rings. The van der Waals surface area contributed by atoms with Crippen LogP contribution in [-0.4, -0.2) is 23.1 Å². The molecule has 0 radical (unpaired) electrons. The van der Waals surface area contributed by atoms with E-state index in [4.69, 9.17) is 14.0 Å². The van der Waals surface area contributed by atoms with Crippen molar-refractivity contribution in [3.63, 3.8) is 0 Å². The minimum absolute atomic E-state index is 0.173. The number of carbonyl (C=O) groups excluding carboxylic acids is 2. The molecule has 1 saturated carbocycles. The lowest BCUT2D eigenvalue weighted by atomic mass is 10.1. The Morgan fingerprint density at radius 1 is 1.10 bits per heavy atom. The first-order valence-corrected chi connectivity index (χ1v) is 10.2. The van der Waals surface area contributed by atoms with Gasteiger partial charge < -0.3 is 19.3 Å². The van der Waals surface area contributed by atoms with Crippen LogP contribution in [-0.2, 0) is 16.1 Å². The highest BCUT2D eigenvalue weighted by molar-refractivity contribution is 5.93. The van der Waals surface area contributed by atoms with E-state index in [1.807, 2.05) is 32.0 Å². The van der Waals surface area contributed by atoms with Gasteiger partial charge in [0.1, 0.15) is 18.1 Å². The zero-order valence-corrected chi connectivity index (χ0v) is 17.5. The van der Waals surface area contributed by atoms with Crippen molar-refractivity contribution in [3.05, 3.63) is 82.7 Å². The van der Waals surface area contributed by atoms with E-state index in [-0.39, 0.29) is 11.9 Å². The van der Waals surface area contributed by atoms with Crippen LogP contribution in [0.25, 0.3) is 0 Å². The number of esters is 1. The molecular weight excluding hydrogens is 396 g/mol. The average molecular weight is 420 g/mol. The van der Waals surface area contributed by atoms with E-state index < -0.39 is 12.1 Å². The second-order valence-electron chi connectivity index (χ2n) is 7.59. The molecular formula is C24H24N2O5. The Balaban J connectivity index is 1.42. The Hall–Kier alpha value is -3.61. The third kappa shape index (κ3) is 5.12. The number of hydrogen-bond donors (Lipinski definition) is 1. The summed E-state index contributed by atoms with van der Waals surface area (Å²) in [5.74, 6) is 0.440. The van der Waals surface area contributed by atoms with Crippen molar-refractivity contribution in [2.75, 3.05) is 0 Å². The van der Waals surface area contributed by atoms with Gasteiger partial charge in [0.2, 0.25) is 6.10 Å². The quantitative estimate of drug-likeness (QED) is 0.553. The average Bonchev–Trinajstić information content (AvgIpc) is 3.54. The lowest BCUT2D eigenvalue weighted by Gasteiger charge is -2.18. The summed E-state index contributed by atoms with van der Waals surface area (Å²) in [6, 6.07) is 15.8. The van der Waals surface area contributed by atoms with Gasteiger partial charge in [-0.1, -0.05) is 35.5 Å². The van der Waals surface area contributed by atoms with Gasteiger partial charge in [-0.3, -0.25) is 4.79 Å². The summed E-state index contributed by atoms with van der Waals surface area (Å²) in [6.45, 7) is 4.01. The molecule has 0 bridgehead atoms. The van der Waals surface area contributed by atoms with Gasteiger partial charge in [0.25, 0.3) is 5.91 Å². The molecule has 7 heteroatoms. The zero-order chi connectivity index (χ0) is 21.8. The van der Waals surface area contributed by atoms with Crippen LogP contribution in [0.4, 0.5) is 0 Å². The minimum atomic E-state index is -0.996. The maximum Gasteiger partial charge on any atom is 0.339 e. The van der Waals surface area contributed by atoms with Crippen LogP contribution >= 0.6 is 0 Å². The zero-order valence-electron chi connectivity index (χ0n) is 17.5. The maximum atomic E-state index is 12.7. The highest BCUT2D eigenvalue weighted by Gasteiger charge is 2.31. The third-order valence-electron chi connectivity index (χ3n) is 5.14. The fourth-order valence-electron chi connectivity index (χ4n) is 3.13. The Labute approximate surface area is 180 Å². The van der Waals surface area contributed by atoms with Crippen LogP contribution in [0.5, 0.6) is 5.75 Å². The summed E-state index contributed by atoms with van der Waals surface area (Å²) in [4.78, 5) is 25.4. The Bertz CT molecular complexity index is 1040. The molecule has 1 fully saturated rings. The van der Waals surface area contributed by atoms with E-state index in [0.29, 0.717) is 29.2 Å². The predicted octanol–water partition coefficient (Wildman–Crippen LogP) is 4.05. The van der Waals surface area contributed by atoms with Crippen molar-refractivity contribution in [2.24, 2.45) is 0 Å². The molecule has 0 saturated heterocycles. The van der Waals surface area contributed by atoms with Gasteiger partial charge >= 0.3 is 5.97 Å². The Morgan fingerprint density at radius 3 is 2.42 bits per heavy atom. The highest BCUT2D eigenvalue weighted by Crippen LogP contribution is 2.25. The van der Waals surface area contributed by atoms with Crippen molar-refractivity contribution >= 4 is 11.9 Å². The van der Waals surface area contributed by atoms with E-state index >= 15 is 0 Å². The number of nitrogens with one attached hydrogen (secondary N) is 1. The van der Waals surface area contributed by atoms with Gasteiger partial charge in [-0.05, 0) is 51.0 Å². The normalized spacial score (nSPS) is 14.0. The molecule has 4 rings (SSSR count). The molecule has 1 aromatic heterocycles. The van der Waals surface area contributed by atoms with Crippen LogP contribution in [0.3, 0.4) is 0 Å². The summed E-state index contributed by atoms with van der Waals surface area (Å²) < 4.78 is 16.5. The molecule has 2 aromatic carbocycles. The second kappa shape index (κ2) is 9.04. The Morgan fingerprint density at radius 2 is 1.81 bits per heavy atom. The molecule has 1 N–H and O–H groups in total. The van der Waals surface area contributed by atoms with Gasteiger partial charge in [-0.15, -0.1) is 0 Å². The number of nitrogens with zero attached hydrogens (tertiary/aromatic N) is 1. The molecule has 1 atom stereocenters. The van der Waals surface area contributed by atoms with Crippen molar-refractivity contribution in [1.29, 1.82) is 0 Å². The molecule has 0 spiro atoms. The van der Waals surface area contributed by atoms with Gasteiger partial charge in [0.05, 0.1) is 16.8 Å². The summed E-state index contributed by atoms with van der Waals surface area (Å²) in [7, 11) is 0. The molecule has 0 aliphatic heterocycles. The van der Waals surface area contributed by atoms with Crippen LogP contribution < -0.4 is 10.1 Å². The molecule has 0 unspecified atom stereocenters. The SMILES string of the molecule is Cc1noc(C)c1COc1ccc(C(=O)O[C@@H](C(=O)NC2CC2)c2ccccc2)cc1. The number of carbonyl (C=O) groups is 2. The first kappa shape index (κ1) is 20.7. The van der Waals surface area contributed by atoms with Crippen molar-refractivity contribution in [1.82, 2.24) is 10.5 Å². The standard InChI is InChI=1S/C24H24N2O5/c1-15-21(16(2)31-26-15)14-29-20-12-8-18(9-13-20)24(28)30-22(17-6-4-3-5-7-17)23(27)25-19-10-11-19/h3-9,12-13,19,22H,10-11,14H2,1-2H3,(H,25,27)/t22-/m1/s1. The molecule has 7 nitrogen and oxygen atoms in total. The number of ether oxygens (including phenoxy) is 2. The molecule has 1 aliphatic rings. The number of aryl methyl sites for hydroxylation is 2. The van der Waals surface area contributed by atoms with E-state index in [2.05, 4.69) is 10.5 Å². The summed E-state index contributed by atoms with van der Waals surface area (Å²) in [6.07, 6.45) is 0.914. The largest absolute Gasteiger partial charge is 0.489 e. The predicted molar refractivity (Wildman–Crippen MR) is 113 cm³/mol. The fraction of sp³-hybridized carbons (Fsp3) is 0.292. The number of hydrogen-bond acceptors (Lipinski definition) is 6. The maximum absolute atomic E-state index is 12.7. The smallest absolute Gasteiger partial charge is 0.339 e. The number of aromatic nitrogens is 1. The summed E-state index contributed by atoms with van der Waals surface area (Å²) in [5.41, 5.74) is 2.66. The van der Waals surface area contributed by atoms with E-state index in [9.17, 15) is 9.59 Å². The van der Waals surface area contributed by atoms with Gasteiger partial charge in [-0.25, -0.2) is 4.79 Å². The minimum Gasteiger partial charge on any atom is -0.489 e. The van der Waals surface area contributed by atoms with Gasteiger partial charge in [0.15, 0.2) is 0 Å². The van der Waals surface area contributed by atoms with Crippen LogP contribution in [0, 0.1) is 13.8 Å². The van der Waals surface area contributed by atoms with E-state index in [1.165, 1.54) is 0 Å². The van der Waals surface area contributed by atoms with Crippen LogP contribution in [0.15, 0.2) is 59.1 Å². The first-order valence-electron chi connectivity index (χ1n) is 10.2.